The Morgan fingerprint density at radius 1 is 1.63 bits per heavy atom. The summed E-state index contributed by atoms with van der Waals surface area (Å²) in [6.07, 6.45) is 2.64. The molecule has 0 spiro atoms. The van der Waals surface area contributed by atoms with Crippen molar-refractivity contribution in [2.75, 3.05) is 19.0 Å². The van der Waals surface area contributed by atoms with Crippen molar-refractivity contribution >= 4 is 39.1 Å². The third kappa shape index (κ3) is 3.84. The van der Waals surface area contributed by atoms with Crippen LogP contribution >= 0.6 is 27.5 Å². The van der Waals surface area contributed by atoms with Crippen LogP contribution in [-0.4, -0.2) is 25.6 Å². The van der Waals surface area contributed by atoms with Gasteiger partial charge in [-0.25, -0.2) is 0 Å². The summed E-state index contributed by atoms with van der Waals surface area (Å²) in [7, 11) is 1.56. The number of carbonyl (C=O) groups is 1. The number of methoxy groups -OCH3 is 1. The second-order valence-corrected chi connectivity index (χ2v) is 5.80. The minimum Gasteiger partial charge on any atom is -0.493 e. The first-order valence-corrected chi connectivity index (χ1v) is 7.33. The van der Waals surface area contributed by atoms with Gasteiger partial charge in [0.15, 0.2) is 5.75 Å². The lowest BCUT2D eigenvalue weighted by Gasteiger charge is -2.14. The molecule has 4 nitrogen and oxygen atoms in total. The molecule has 1 aliphatic heterocycles. The van der Waals surface area contributed by atoms with E-state index < -0.39 is 0 Å². The van der Waals surface area contributed by atoms with E-state index in [4.69, 9.17) is 16.3 Å². The van der Waals surface area contributed by atoms with E-state index in [1.165, 1.54) is 0 Å². The Hall–Kier alpha value is -0.780. The SMILES string of the molecule is COc1c(Br)cc(Cl)cc1NC(=O)CC1CCCN1. The van der Waals surface area contributed by atoms with E-state index in [1.807, 2.05) is 0 Å². The summed E-state index contributed by atoms with van der Waals surface area (Å²) in [4.78, 5) is 12.0. The van der Waals surface area contributed by atoms with Crippen LogP contribution < -0.4 is 15.4 Å². The maximum absolute atomic E-state index is 12.0. The molecule has 1 atom stereocenters. The Morgan fingerprint density at radius 2 is 2.42 bits per heavy atom. The molecule has 6 heteroatoms. The summed E-state index contributed by atoms with van der Waals surface area (Å²) in [6, 6.07) is 3.69. The van der Waals surface area contributed by atoms with Gasteiger partial charge in [0.05, 0.1) is 17.3 Å². The summed E-state index contributed by atoms with van der Waals surface area (Å²) in [5.74, 6) is 0.545. The third-order valence-corrected chi connectivity index (χ3v) is 3.89. The van der Waals surface area contributed by atoms with Crippen LogP contribution in [-0.2, 0) is 4.79 Å². The van der Waals surface area contributed by atoms with Crippen molar-refractivity contribution in [2.45, 2.75) is 25.3 Å². The van der Waals surface area contributed by atoms with Gasteiger partial charge in [0.1, 0.15) is 0 Å². The summed E-state index contributed by atoms with van der Waals surface area (Å²) < 4.78 is 5.99. The quantitative estimate of drug-likeness (QED) is 0.879. The molecule has 1 unspecified atom stereocenters. The highest BCUT2D eigenvalue weighted by Crippen LogP contribution is 2.36. The third-order valence-electron chi connectivity index (χ3n) is 3.08. The van der Waals surface area contributed by atoms with Gasteiger partial charge in [-0.05, 0) is 47.4 Å². The molecule has 1 amide bonds. The maximum atomic E-state index is 12.0. The smallest absolute Gasteiger partial charge is 0.226 e. The van der Waals surface area contributed by atoms with E-state index in [0.717, 1.165) is 23.9 Å². The Kier molecular flexibility index (Phi) is 5.07. The van der Waals surface area contributed by atoms with Gasteiger partial charge in [-0.1, -0.05) is 11.6 Å². The highest BCUT2D eigenvalue weighted by molar-refractivity contribution is 9.10. The van der Waals surface area contributed by atoms with Crippen molar-refractivity contribution in [1.29, 1.82) is 0 Å². The van der Waals surface area contributed by atoms with E-state index in [9.17, 15) is 4.79 Å². The molecule has 1 aromatic rings. The molecule has 1 heterocycles. The van der Waals surface area contributed by atoms with E-state index in [1.54, 1.807) is 19.2 Å². The van der Waals surface area contributed by atoms with Crippen LogP contribution in [0.15, 0.2) is 16.6 Å². The highest BCUT2D eigenvalue weighted by atomic mass is 79.9. The van der Waals surface area contributed by atoms with Gasteiger partial charge < -0.3 is 15.4 Å². The fourth-order valence-electron chi connectivity index (χ4n) is 2.22. The van der Waals surface area contributed by atoms with Crippen LogP contribution in [0.3, 0.4) is 0 Å². The standard InChI is InChI=1S/C13H16BrClN2O2/c1-19-13-10(14)5-8(15)6-11(13)17-12(18)7-9-3-2-4-16-9/h5-6,9,16H,2-4,7H2,1H3,(H,17,18). The molecule has 0 radical (unpaired) electrons. The lowest BCUT2D eigenvalue weighted by Crippen LogP contribution is -2.27. The number of nitrogens with one attached hydrogen (secondary N) is 2. The number of halogens is 2. The first kappa shape index (κ1) is 14.6. The normalized spacial score (nSPS) is 18.4. The zero-order valence-electron chi connectivity index (χ0n) is 10.6. The van der Waals surface area contributed by atoms with E-state index in [2.05, 4.69) is 26.6 Å². The predicted molar refractivity (Wildman–Crippen MR) is 80.0 cm³/mol. The molecule has 1 fully saturated rings. The van der Waals surface area contributed by atoms with E-state index in [0.29, 0.717) is 22.9 Å². The van der Waals surface area contributed by atoms with Crippen LogP contribution in [0.25, 0.3) is 0 Å². The average molecular weight is 348 g/mol. The first-order chi connectivity index (χ1) is 9.10. The van der Waals surface area contributed by atoms with E-state index >= 15 is 0 Å². The fraction of sp³-hybridized carbons (Fsp3) is 0.462. The summed E-state index contributed by atoms with van der Waals surface area (Å²) >= 11 is 9.35. The molecule has 0 aliphatic carbocycles. The number of benzene rings is 1. The summed E-state index contributed by atoms with van der Waals surface area (Å²) in [6.45, 7) is 0.990. The number of hydrogen-bond acceptors (Lipinski definition) is 3. The largest absolute Gasteiger partial charge is 0.493 e. The topological polar surface area (TPSA) is 50.4 Å². The molecule has 2 N–H and O–H groups in total. The first-order valence-electron chi connectivity index (χ1n) is 6.16. The Bertz CT molecular complexity index is 476. The summed E-state index contributed by atoms with van der Waals surface area (Å²) in [5, 5.41) is 6.69. The maximum Gasteiger partial charge on any atom is 0.226 e. The molecule has 19 heavy (non-hydrogen) atoms. The van der Waals surface area contributed by atoms with Crippen molar-refractivity contribution in [3.05, 3.63) is 21.6 Å². The van der Waals surface area contributed by atoms with Gasteiger partial charge in [0, 0.05) is 17.5 Å². The molecule has 1 aliphatic rings. The van der Waals surface area contributed by atoms with Crippen molar-refractivity contribution in [3.63, 3.8) is 0 Å². The minimum atomic E-state index is -0.0353. The summed E-state index contributed by atoms with van der Waals surface area (Å²) in [5.41, 5.74) is 0.588. The molecule has 0 aromatic heterocycles. The monoisotopic (exact) mass is 346 g/mol. The van der Waals surface area contributed by atoms with Crippen molar-refractivity contribution < 1.29 is 9.53 Å². The number of ether oxygens (including phenoxy) is 1. The van der Waals surface area contributed by atoms with Crippen molar-refractivity contribution in [1.82, 2.24) is 5.32 Å². The molecule has 2 rings (SSSR count). The molecule has 1 saturated heterocycles. The van der Waals surface area contributed by atoms with Crippen LogP contribution in [0, 0.1) is 0 Å². The molecular formula is C13H16BrClN2O2. The Labute approximate surface area is 126 Å². The van der Waals surface area contributed by atoms with Crippen LogP contribution in [0.1, 0.15) is 19.3 Å². The molecular weight excluding hydrogens is 332 g/mol. The fourth-order valence-corrected chi connectivity index (χ4v) is 3.19. The zero-order valence-corrected chi connectivity index (χ0v) is 13.0. The molecule has 104 valence electrons. The van der Waals surface area contributed by atoms with Gasteiger partial charge in [-0.15, -0.1) is 0 Å². The molecule has 0 saturated carbocycles. The minimum absolute atomic E-state index is 0.0353. The lowest BCUT2D eigenvalue weighted by atomic mass is 10.1. The second-order valence-electron chi connectivity index (χ2n) is 4.51. The predicted octanol–water partition coefficient (Wildman–Crippen LogP) is 3.19. The number of hydrogen-bond donors (Lipinski definition) is 2. The number of rotatable bonds is 4. The van der Waals surface area contributed by atoms with E-state index in [-0.39, 0.29) is 11.9 Å². The second kappa shape index (κ2) is 6.59. The Morgan fingerprint density at radius 3 is 3.05 bits per heavy atom. The van der Waals surface area contributed by atoms with Crippen LogP contribution in [0.5, 0.6) is 5.75 Å². The van der Waals surface area contributed by atoms with Gasteiger partial charge in [0.25, 0.3) is 0 Å². The van der Waals surface area contributed by atoms with Gasteiger partial charge in [-0.2, -0.15) is 0 Å². The van der Waals surface area contributed by atoms with Crippen LogP contribution in [0.2, 0.25) is 5.02 Å². The number of carbonyl (C=O) groups excluding carboxylic acids is 1. The lowest BCUT2D eigenvalue weighted by molar-refractivity contribution is -0.116. The Balaban J connectivity index is 2.07. The highest BCUT2D eigenvalue weighted by Gasteiger charge is 2.19. The van der Waals surface area contributed by atoms with Crippen molar-refractivity contribution in [3.8, 4) is 5.75 Å². The average Bonchev–Trinajstić information content (AvgIpc) is 2.81. The molecule has 1 aromatic carbocycles. The molecule has 0 bridgehead atoms. The van der Waals surface area contributed by atoms with Gasteiger partial charge in [-0.3, -0.25) is 4.79 Å². The van der Waals surface area contributed by atoms with Crippen LogP contribution in [0.4, 0.5) is 5.69 Å². The number of anilines is 1. The van der Waals surface area contributed by atoms with Gasteiger partial charge in [0.2, 0.25) is 5.91 Å². The van der Waals surface area contributed by atoms with Gasteiger partial charge >= 0.3 is 0 Å². The van der Waals surface area contributed by atoms with Crippen molar-refractivity contribution in [2.24, 2.45) is 0 Å². The zero-order chi connectivity index (χ0) is 13.8. The number of amides is 1.